The first-order valence-electron chi connectivity index (χ1n) is 6.41. The summed E-state index contributed by atoms with van der Waals surface area (Å²) in [6, 6.07) is 1.18. The van der Waals surface area contributed by atoms with Gasteiger partial charge in [0.05, 0.1) is 0 Å². The van der Waals surface area contributed by atoms with Crippen molar-refractivity contribution in [1.82, 2.24) is 5.32 Å². The van der Waals surface area contributed by atoms with Crippen molar-refractivity contribution in [2.45, 2.75) is 50.6 Å². The molecule has 88 valence electrons. The molecule has 3 nitrogen and oxygen atoms in total. The van der Waals surface area contributed by atoms with Gasteiger partial charge in [0, 0.05) is 25.3 Å². The van der Waals surface area contributed by atoms with Crippen LogP contribution in [-0.2, 0) is 4.74 Å². The van der Waals surface area contributed by atoms with Crippen molar-refractivity contribution in [2.24, 2.45) is 11.7 Å². The van der Waals surface area contributed by atoms with Gasteiger partial charge in [0.2, 0.25) is 0 Å². The van der Waals surface area contributed by atoms with Crippen LogP contribution in [0, 0.1) is 5.92 Å². The molecule has 2 aliphatic rings. The molecule has 2 rings (SSSR count). The van der Waals surface area contributed by atoms with Gasteiger partial charge in [0.25, 0.3) is 0 Å². The first-order chi connectivity index (χ1) is 7.34. The lowest BCUT2D eigenvalue weighted by molar-refractivity contribution is 0.0762. The Morgan fingerprint density at radius 1 is 1.00 bits per heavy atom. The van der Waals surface area contributed by atoms with Crippen LogP contribution in [0.3, 0.4) is 0 Å². The fraction of sp³-hybridized carbons (Fsp3) is 1.00. The summed E-state index contributed by atoms with van der Waals surface area (Å²) in [6.07, 6.45) is 7.45. The third kappa shape index (κ3) is 3.74. The van der Waals surface area contributed by atoms with E-state index in [1.54, 1.807) is 0 Å². The van der Waals surface area contributed by atoms with Crippen molar-refractivity contribution in [3.8, 4) is 0 Å². The van der Waals surface area contributed by atoms with Crippen LogP contribution in [0.25, 0.3) is 0 Å². The van der Waals surface area contributed by atoms with Gasteiger partial charge in [-0.2, -0.15) is 0 Å². The van der Waals surface area contributed by atoms with Crippen LogP contribution >= 0.6 is 0 Å². The first-order valence-corrected chi connectivity index (χ1v) is 6.41. The summed E-state index contributed by atoms with van der Waals surface area (Å²) >= 11 is 0. The van der Waals surface area contributed by atoms with Gasteiger partial charge in [-0.1, -0.05) is 0 Å². The second-order valence-electron chi connectivity index (χ2n) is 5.08. The Morgan fingerprint density at radius 3 is 2.33 bits per heavy atom. The Labute approximate surface area is 92.7 Å². The molecule has 1 aliphatic carbocycles. The zero-order chi connectivity index (χ0) is 10.5. The smallest absolute Gasteiger partial charge is 0.0480 e. The van der Waals surface area contributed by atoms with Crippen LogP contribution in [0.5, 0.6) is 0 Å². The SMILES string of the molecule is NC1CCC(CNC2CCOCC2)CC1. The van der Waals surface area contributed by atoms with Crippen molar-refractivity contribution in [1.29, 1.82) is 0 Å². The Morgan fingerprint density at radius 2 is 1.67 bits per heavy atom. The van der Waals surface area contributed by atoms with Crippen LogP contribution < -0.4 is 11.1 Å². The molecule has 0 aromatic rings. The molecule has 0 spiro atoms. The van der Waals surface area contributed by atoms with Crippen molar-refractivity contribution in [3.05, 3.63) is 0 Å². The predicted octanol–water partition coefficient (Wildman–Crippen LogP) is 1.27. The lowest BCUT2D eigenvalue weighted by Crippen LogP contribution is -2.39. The molecule has 0 unspecified atom stereocenters. The number of hydrogen-bond acceptors (Lipinski definition) is 3. The second-order valence-corrected chi connectivity index (χ2v) is 5.08. The van der Waals surface area contributed by atoms with Gasteiger partial charge in [0.1, 0.15) is 0 Å². The van der Waals surface area contributed by atoms with Crippen LogP contribution in [-0.4, -0.2) is 31.8 Å². The molecule has 0 radical (unpaired) electrons. The van der Waals surface area contributed by atoms with Gasteiger partial charge in [-0.3, -0.25) is 0 Å². The summed E-state index contributed by atoms with van der Waals surface area (Å²) < 4.78 is 5.35. The molecule has 15 heavy (non-hydrogen) atoms. The third-order valence-electron chi connectivity index (χ3n) is 3.81. The van der Waals surface area contributed by atoms with Gasteiger partial charge in [-0.05, 0) is 51.0 Å². The largest absolute Gasteiger partial charge is 0.381 e. The Kier molecular flexibility index (Phi) is 4.42. The highest BCUT2D eigenvalue weighted by Crippen LogP contribution is 2.22. The van der Waals surface area contributed by atoms with Crippen LogP contribution in [0.1, 0.15) is 38.5 Å². The highest BCUT2D eigenvalue weighted by Gasteiger charge is 2.20. The second kappa shape index (κ2) is 5.83. The molecular weight excluding hydrogens is 188 g/mol. The van der Waals surface area contributed by atoms with Gasteiger partial charge >= 0.3 is 0 Å². The molecule has 1 saturated carbocycles. The average Bonchev–Trinajstić information content (AvgIpc) is 2.30. The zero-order valence-corrected chi connectivity index (χ0v) is 9.58. The highest BCUT2D eigenvalue weighted by atomic mass is 16.5. The summed E-state index contributed by atoms with van der Waals surface area (Å²) in [4.78, 5) is 0. The maximum atomic E-state index is 5.90. The number of ether oxygens (including phenoxy) is 1. The molecule has 1 heterocycles. The molecule has 0 aromatic heterocycles. The van der Waals surface area contributed by atoms with Gasteiger partial charge < -0.3 is 15.8 Å². The van der Waals surface area contributed by atoms with Crippen LogP contribution in [0.4, 0.5) is 0 Å². The number of nitrogens with one attached hydrogen (secondary N) is 1. The van der Waals surface area contributed by atoms with Crippen molar-refractivity contribution >= 4 is 0 Å². The van der Waals surface area contributed by atoms with E-state index in [1.807, 2.05) is 0 Å². The molecule has 0 amide bonds. The third-order valence-corrected chi connectivity index (χ3v) is 3.81. The normalized spacial score (nSPS) is 34.2. The minimum atomic E-state index is 0.476. The van der Waals surface area contributed by atoms with E-state index in [-0.39, 0.29) is 0 Å². The minimum Gasteiger partial charge on any atom is -0.381 e. The van der Waals surface area contributed by atoms with Gasteiger partial charge in [-0.25, -0.2) is 0 Å². The van der Waals surface area contributed by atoms with E-state index in [2.05, 4.69) is 5.32 Å². The zero-order valence-electron chi connectivity index (χ0n) is 9.58. The van der Waals surface area contributed by atoms with Crippen LogP contribution in [0.2, 0.25) is 0 Å². The van der Waals surface area contributed by atoms with E-state index in [4.69, 9.17) is 10.5 Å². The molecule has 1 saturated heterocycles. The summed E-state index contributed by atoms with van der Waals surface area (Å²) in [5, 5.41) is 3.69. The van der Waals surface area contributed by atoms with E-state index >= 15 is 0 Å². The summed E-state index contributed by atoms with van der Waals surface area (Å²) in [7, 11) is 0. The Bertz CT molecular complexity index is 172. The van der Waals surface area contributed by atoms with Crippen LogP contribution in [0.15, 0.2) is 0 Å². The van der Waals surface area contributed by atoms with E-state index in [1.165, 1.54) is 45.1 Å². The molecule has 1 aliphatic heterocycles. The van der Waals surface area contributed by atoms with Gasteiger partial charge in [-0.15, -0.1) is 0 Å². The molecule has 3 N–H and O–H groups in total. The average molecular weight is 212 g/mol. The number of hydrogen-bond donors (Lipinski definition) is 2. The molecule has 0 aromatic carbocycles. The Hall–Kier alpha value is -0.120. The molecule has 0 atom stereocenters. The Balaban J connectivity index is 1.60. The quantitative estimate of drug-likeness (QED) is 0.740. The maximum absolute atomic E-state index is 5.90. The lowest BCUT2D eigenvalue weighted by atomic mass is 9.86. The molecular formula is C12H24N2O. The molecule has 0 bridgehead atoms. The lowest BCUT2D eigenvalue weighted by Gasteiger charge is -2.29. The predicted molar refractivity (Wildman–Crippen MR) is 61.8 cm³/mol. The van der Waals surface area contributed by atoms with Crippen molar-refractivity contribution < 1.29 is 4.74 Å². The summed E-state index contributed by atoms with van der Waals surface area (Å²) in [5.74, 6) is 0.868. The first kappa shape index (κ1) is 11.4. The fourth-order valence-corrected chi connectivity index (χ4v) is 2.63. The monoisotopic (exact) mass is 212 g/mol. The number of nitrogens with two attached hydrogens (primary N) is 1. The van der Waals surface area contributed by atoms with E-state index < -0.39 is 0 Å². The van der Waals surface area contributed by atoms with Crippen molar-refractivity contribution in [3.63, 3.8) is 0 Å². The summed E-state index contributed by atoms with van der Waals surface area (Å²) in [5.41, 5.74) is 5.90. The van der Waals surface area contributed by atoms with Crippen molar-refractivity contribution in [2.75, 3.05) is 19.8 Å². The summed E-state index contributed by atoms with van der Waals surface area (Å²) in [6.45, 7) is 3.07. The van der Waals surface area contributed by atoms with E-state index in [9.17, 15) is 0 Å². The minimum absolute atomic E-state index is 0.476. The van der Waals surface area contributed by atoms with E-state index in [0.717, 1.165) is 19.1 Å². The standard InChI is InChI=1S/C12H24N2O/c13-11-3-1-10(2-4-11)9-14-12-5-7-15-8-6-12/h10-12,14H,1-9,13H2. The number of rotatable bonds is 3. The highest BCUT2D eigenvalue weighted by molar-refractivity contribution is 4.78. The van der Waals surface area contributed by atoms with Gasteiger partial charge in [0.15, 0.2) is 0 Å². The molecule has 3 heteroatoms. The maximum Gasteiger partial charge on any atom is 0.0480 e. The topological polar surface area (TPSA) is 47.3 Å². The molecule has 2 fully saturated rings. The fourth-order valence-electron chi connectivity index (χ4n) is 2.63. The van der Waals surface area contributed by atoms with E-state index in [0.29, 0.717) is 12.1 Å².